The summed E-state index contributed by atoms with van der Waals surface area (Å²) in [5.74, 6) is 1.36. The Morgan fingerprint density at radius 3 is 2.62 bits per heavy atom. The molecule has 0 aliphatic heterocycles. The molecule has 0 saturated heterocycles. The van der Waals surface area contributed by atoms with E-state index in [4.69, 9.17) is 20.8 Å². The first-order valence-corrected chi connectivity index (χ1v) is 6.83. The average molecular weight is 302 g/mol. The minimum absolute atomic E-state index is 0.390. The second-order valence-corrected chi connectivity index (χ2v) is 4.64. The highest BCUT2D eigenvalue weighted by Gasteiger charge is 2.14. The normalized spacial score (nSPS) is 10.6. The van der Waals surface area contributed by atoms with E-state index in [9.17, 15) is 0 Å². The minimum atomic E-state index is 0.390. The van der Waals surface area contributed by atoms with Crippen LogP contribution in [0, 0.1) is 0 Å². The molecule has 2 aromatic heterocycles. The van der Waals surface area contributed by atoms with E-state index < -0.39 is 0 Å². The maximum atomic E-state index is 5.90. The Kier molecular flexibility index (Phi) is 3.83. The van der Waals surface area contributed by atoms with Gasteiger partial charge in [0.15, 0.2) is 11.5 Å². The van der Waals surface area contributed by atoms with Crippen LogP contribution in [0.3, 0.4) is 0 Å². The molecule has 3 aromatic rings. The summed E-state index contributed by atoms with van der Waals surface area (Å²) in [6.07, 6.45) is 1.56. The summed E-state index contributed by atoms with van der Waals surface area (Å²) in [5.41, 5.74) is 1.41. The highest BCUT2D eigenvalue weighted by molar-refractivity contribution is 6.30. The predicted octanol–water partition coefficient (Wildman–Crippen LogP) is 3.85. The lowest BCUT2D eigenvalue weighted by Gasteiger charge is -2.08. The molecule has 21 heavy (non-hydrogen) atoms. The lowest BCUT2D eigenvalue weighted by molar-refractivity contribution is 0.326. The van der Waals surface area contributed by atoms with Crippen molar-refractivity contribution in [1.82, 2.24) is 15.2 Å². The molecule has 106 valence electrons. The zero-order chi connectivity index (χ0) is 14.7. The minimum Gasteiger partial charge on any atom is -0.476 e. The van der Waals surface area contributed by atoms with E-state index in [2.05, 4.69) is 15.2 Å². The molecule has 0 unspecified atom stereocenters. The number of halogens is 1. The summed E-state index contributed by atoms with van der Waals surface area (Å²) >= 11 is 5.90. The van der Waals surface area contributed by atoms with Crippen LogP contribution in [0.4, 0.5) is 0 Å². The smallest absolute Gasteiger partial charge is 0.244 e. The van der Waals surface area contributed by atoms with Crippen molar-refractivity contribution >= 4 is 11.6 Å². The number of nitrogens with zero attached hydrogens (tertiary/aromatic N) is 3. The lowest BCUT2D eigenvalue weighted by atomic mass is 10.1. The number of rotatable bonds is 4. The molecular formula is C15H12ClN3O2. The predicted molar refractivity (Wildman–Crippen MR) is 79.1 cm³/mol. The van der Waals surface area contributed by atoms with Crippen molar-refractivity contribution in [2.24, 2.45) is 0 Å². The van der Waals surface area contributed by atoms with Crippen LogP contribution in [0.1, 0.15) is 6.92 Å². The van der Waals surface area contributed by atoms with E-state index in [1.807, 2.05) is 19.1 Å². The van der Waals surface area contributed by atoms with Gasteiger partial charge in [0.2, 0.25) is 11.7 Å². The van der Waals surface area contributed by atoms with Gasteiger partial charge in [-0.3, -0.25) is 0 Å². The molecule has 6 heteroatoms. The van der Waals surface area contributed by atoms with Crippen LogP contribution in [-0.2, 0) is 0 Å². The molecule has 0 spiro atoms. The highest BCUT2D eigenvalue weighted by atomic mass is 35.5. The fourth-order valence-electron chi connectivity index (χ4n) is 1.85. The van der Waals surface area contributed by atoms with Crippen LogP contribution in [0.25, 0.3) is 22.8 Å². The molecule has 3 rings (SSSR count). The summed E-state index contributed by atoms with van der Waals surface area (Å²) in [5, 5.41) is 8.96. The maximum Gasteiger partial charge on any atom is 0.244 e. The molecule has 0 aliphatic carbocycles. The molecule has 0 saturated carbocycles. The molecule has 2 heterocycles. The van der Waals surface area contributed by atoms with Crippen molar-refractivity contribution in [1.29, 1.82) is 0 Å². The second kappa shape index (κ2) is 5.93. The fraction of sp³-hybridized carbons (Fsp3) is 0.133. The van der Waals surface area contributed by atoms with Crippen LogP contribution in [0.15, 0.2) is 47.1 Å². The van der Waals surface area contributed by atoms with Gasteiger partial charge in [-0.25, -0.2) is 0 Å². The number of hydrogen-bond donors (Lipinski definition) is 0. The third kappa shape index (κ3) is 2.87. The van der Waals surface area contributed by atoms with E-state index in [0.29, 0.717) is 34.8 Å². The molecule has 0 fully saturated rings. The monoisotopic (exact) mass is 301 g/mol. The molecule has 0 atom stereocenters. The first-order chi connectivity index (χ1) is 10.3. The first kappa shape index (κ1) is 13.6. The molecule has 0 amide bonds. The van der Waals surface area contributed by atoms with Crippen molar-refractivity contribution < 1.29 is 9.15 Å². The summed E-state index contributed by atoms with van der Waals surface area (Å²) in [6.45, 7) is 2.37. The summed E-state index contributed by atoms with van der Waals surface area (Å²) in [4.78, 5) is 4.38. The molecule has 0 N–H and O–H groups in total. The average Bonchev–Trinajstić information content (AvgIpc) is 3.03. The van der Waals surface area contributed by atoms with E-state index >= 15 is 0 Å². The largest absolute Gasteiger partial charge is 0.476 e. The summed E-state index contributed by atoms with van der Waals surface area (Å²) in [7, 11) is 0. The zero-order valence-electron chi connectivity index (χ0n) is 11.3. The third-order valence-electron chi connectivity index (χ3n) is 2.80. The maximum absolute atomic E-state index is 5.90. The van der Waals surface area contributed by atoms with E-state index in [1.54, 1.807) is 30.5 Å². The molecule has 0 radical (unpaired) electrons. The van der Waals surface area contributed by atoms with Crippen molar-refractivity contribution in [3.63, 3.8) is 0 Å². The Morgan fingerprint density at radius 2 is 1.95 bits per heavy atom. The number of aromatic nitrogens is 3. The van der Waals surface area contributed by atoms with Crippen molar-refractivity contribution in [2.45, 2.75) is 6.92 Å². The van der Waals surface area contributed by atoms with Crippen LogP contribution in [-0.4, -0.2) is 21.8 Å². The van der Waals surface area contributed by atoms with Gasteiger partial charge in [-0.05, 0) is 31.2 Å². The molecule has 5 nitrogen and oxygen atoms in total. The van der Waals surface area contributed by atoms with Gasteiger partial charge >= 0.3 is 0 Å². The number of ether oxygens (including phenoxy) is 1. The quantitative estimate of drug-likeness (QED) is 0.732. The van der Waals surface area contributed by atoms with E-state index in [0.717, 1.165) is 5.56 Å². The standard InChI is InChI=1S/C15H12ClN3O2/c1-2-20-15-13(10-5-7-11(16)8-6-10)18-19-14(17-15)12-4-3-9-21-12/h3-9H,2H2,1H3. The topological polar surface area (TPSA) is 61.0 Å². The molecular weight excluding hydrogens is 290 g/mol. The Morgan fingerprint density at radius 1 is 1.14 bits per heavy atom. The van der Waals surface area contributed by atoms with Crippen molar-refractivity contribution in [3.8, 4) is 28.7 Å². The van der Waals surface area contributed by atoms with Crippen molar-refractivity contribution in [3.05, 3.63) is 47.7 Å². The van der Waals surface area contributed by atoms with Gasteiger partial charge in [-0.1, -0.05) is 23.7 Å². The summed E-state index contributed by atoms with van der Waals surface area (Å²) in [6, 6.07) is 10.8. The zero-order valence-corrected chi connectivity index (χ0v) is 12.0. The molecule has 0 bridgehead atoms. The van der Waals surface area contributed by atoms with Crippen LogP contribution >= 0.6 is 11.6 Å². The van der Waals surface area contributed by atoms with Crippen LogP contribution in [0.2, 0.25) is 5.02 Å². The number of benzene rings is 1. The third-order valence-corrected chi connectivity index (χ3v) is 3.05. The van der Waals surface area contributed by atoms with Gasteiger partial charge in [0.25, 0.3) is 0 Å². The van der Waals surface area contributed by atoms with Gasteiger partial charge in [0, 0.05) is 10.6 Å². The molecule has 1 aromatic carbocycles. The van der Waals surface area contributed by atoms with Crippen LogP contribution < -0.4 is 4.74 Å². The van der Waals surface area contributed by atoms with Gasteiger partial charge in [-0.15, -0.1) is 10.2 Å². The lowest BCUT2D eigenvalue weighted by Crippen LogP contribution is -2.02. The van der Waals surface area contributed by atoms with E-state index in [-0.39, 0.29) is 0 Å². The van der Waals surface area contributed by atoms with Gasteiger partial charge in [0.1, 0.15) is 0 Å². The van der Waals surface area contributed by atoms with Gasteiger partial charge in [-0.2, -0.15) is 4.98 Å². The summed E-state index contributed by atoms with van der Waals surface area (Å²) < 4.78 is 10.8. The Labute approximate surface area is 126 Å². The van der Waals surface area contributed by atoms with E-state index in [1.165, 1.54) is 0 Å². The molecule has 0 aliphatic rings. The number of hydrogen-bond acceptors (Lipinski definition) is 5. The Hall–Kier alpha value is -2.40. The van der Waals surface area contributed by atoms with Crippen LogP contribution in [0.5, 0.6) is 5.88 Å². The van der Waals surface area contributed by atoms with Gasteiger partial charge < -0.3 is 9.15 Å². The Bertz CT molecular complexity index is 727. The SMILES string of the molecule is CCOc1nc(-c2ccco2)nnc1-c1ccc(Cl)cc1. The first-order valence-electron chi connectivity index (χ1n) is 6.45. The second-order valence-electron chi connectivity index (χ2n) is 4.21. The fourth-order valence-corrected chi connectivity index (χ4v) is 1.97. The van der Waals surface area contributed by atoms with Gasteiger partial charge in [0.05, 0.1) is 12.9 Å². The number of furan rings is 1. The highest BCUT2D eigenvalue weighted by Crippen LogP contribution is 2.28. The van der Waals surface area contributed by atoms with Crippen molar-refractivity contribution in [2.75, 3.05) is 6.61 Å². The Balaban J connectivity index is 2.06.